The van der Waals surface area contributed by atoms with Crippen LogP contribution >= 0.6 is 0 Å². The van der Waals surface area contributed by atoms with Gasteiger partial charge in [-0.25, -0.2) is 8.78 Å². The molecule has 0 aliphatic carbocycles. The van der Waals surface area contributed by atoms with Crippen molar-refractivity contribution in [3.8, 4) is 0 Å². The molecule has 0 aliphatic rings. The minimum atomic E-state index is -1.53. The number of likely N-dealkylation sites (N-methyl/N-ethyl adjacent to an activating group) is 1. The van der Waals surface area contributed by atoms with Crippen LogP contribution in [0.3, 0.4) is 0 Å². The van der Waals surface area contributed by atoms with Crippen molar-refractivity contribution in [3.63, 3.8) is 0 Å². The average Bonchev–Trinajstić information content (AvgIpc) is 2.60. The number of rotatable bonds is 8. The van der Waals surface area contributed by atoms with Crippen LogP contribution in [0.5, 0.6) is 0 Å². The third-order valence-electron chi connectivity index (χ3n) is 4.54. The molecule has 2 aromatic carbocycles. The highest BCUT2D eigenvalue weighted by Crippen LogP contribution is 2.34. The molecule has 136 valence electrons. The van der Waals surface area contributed by atoms with E-state index >= 15 is 0 Å². The van der Waals surface area contributed by atoms with E-state index in [4.69, 9.17) is 0 Å². The highest BCUT2D eigenvalue weighted by atomic mass is 19.1. The van der Waals surface area contributed by atoms with Crippen LogP contribution in [0.25, 0.3) is 0 Å². The van der Waals surface area contributed by atoms with Crippen molar-refractivity contribution >= 4 is 0 Å². The Kier molecular flexibility index (Phi) is 6.64. The van der Waals surface area contributed by atoms with Gasteiger partial charge in [-0.15, -0.1) is 0 Å². The highest BCUT2D eigenvalue weighted by molar-refractivity contribution is 5.36. The molecule has 3 nitrogen and oxygen atoms in total. The lowest BCUT2D eigenvalue weighted by atomic mass is 9.81. The SMILES string of the molecule is CCN(CC)CC(O)CC(O)(c1ccc(F)cc1)c1ccc(F)cc1. The van der Waals surface area contributed by atoms with Crippen LogP contribution in [-0.2, 0) is 5.60 Å². The van der Waals surface area contributed by atoms with Crippen LogP contribution in [-0.4, -0.2) is 40.9 Å². The van der Waals surface area contributed by atoms with Crippen molar-refractivity contribution in [2.75, 3.05) is 19.6 Å². The third kappa shape index (κ3) is 4.84. The summed E-state index contributed by atoms with van der Waals surface area (Å²) in [5.74, 6) is -0.817. The fourth-order valence-electron chi connectivity index (χ4n) is 3.04. The van der Waals surface area contributed by atoms with Gasteiger partial charge in [0.05, 0.1) is 6.10 Å². The summed E-state index contributed by atoms with van der Waals surface area (Å²) >= 11 is 0. The minimum absolute atomic E-state index is 0.0285. The van der Waals surface area contributed by atoms with E-state index in [0.29, 0.717) is 17.7 Å². The Morgan fingerprint density at radius 2 is 1.28 bits per heavy atom. The molecule has 1 atom stereocenters. The monoisotopic (exact) mass is 349 g/mol. The molecule has 1 unspecified atom stereocenters. The van der Waals surface area contributed by atoms with E-state index in [2.05, 4.69) is 4.90 Å². The van der Waals surface area contributed by atoms with Crippen molar-refractivity contribution in [2.45, 2.75) is 32.0 Å². The van der Waals surface area contributed by atoms with Gasteiger partial charge >= 0.3 is 0 Å². The molecule has 0 amide bonds. The predicted octanol–water partition coefficient (Wildman–Crippen LogP) is 3.29. The van der Waals surface area contributed by atoms with Gasteiger partial charge in [-0.3, -0.25) is 0 Å². The Labute approximate surface area is 147 Å². The number of benzene rings is 2. The second-order valence-electron chi connectivity index (χ2n) is 6.22. The number of hydrogen-bond acceptors (Lipinski definition) is 3. The van der Waals surface area contributed by atoms with Gasteiger partial charge in [-0.2, -0.15) is 0 Å². The van der Waals surface area contributed by atoms with Gasteiger partial charge in [0, 0.05) is 13.0 Å². The molecule has 2 rings (SSSR count). The Balaban J connectivity index is 2.35. The number of hydrogen-bond donors (Lipinski definition) is 2. The largest absolute Gasteiger partial charge is 0.392 e. The van der Waals surface area contributed by atoms with E-state index in [-0.39, 0.29) is 6.42 Å². The fraction of sp³-hybridized carbons (Fsp3) is 0.400. The smallest absolute Gasteiger partial charge is 0.123 e. The lowest BCUT2D eigenvalue weighted by molar-refractivity contribution is 0.00529. The Morgan fingerprint density at radius 1 is 0.880 bits per heavy atom. The molecule has 0 fully saturated rings. The zero-order valence-corrected chi connectivity index (χ0v) is 14.6. The first-order valence-electron chi connectivity index (χ1n) is 8.54. The van der Waals surface area contributed by atoms with Crippen LogP contribution in [0.1, 0.15) is 31.4 Å². The molecular formula is C20H25F2NO2. The summed E-state index contributed by atoms with van der Waals surface area (Å²) < 4.78 is 26.5. The summed E-state index contributed by atoms with van der Waals surface area (Å²) in [5.41, 5.74) is -0.619. The number of nitrogens with zero attached hydrogens (tertiary/aromatic N) is 1. The molecule has 0 bridgehead atoms. The molecule has 5 heteroatoms. The maximum absolute atomic E-state index is 13.3. The van der Waals surface area contributed by atoms with E-state index < -0.39 is 23.3 Å². The summed E-state index contributed by atoms with van der Waals surface area (Å²) in [5, 5.41) is 21.8. The zero-order valence-electron chi connectivity index (χ0n) is 14.6. The Morgan fingerprint density at radius 3 is 1.64 bits per heavy atom. The number of aliphatic hydroxyl groups excluding tert-OH is 1. The second-order valence-corrected chi connectivity index (χ2v) is 6.22. The summed E-state index contributed by atoms with van der Waals surface area (Å²) in [4.78, 5) is 2.06. The van der Waals surface area contributed by atoms with Crippen molar-refractivity contribution < 1.29 is 19.0 Å². The van der Waals surface area contributed by atoms with E-state index in [0.717, 1.165) is 13.1 Å². The lowest BCUT2D eigenvalue weighted by Gasteiger charge is -2.33. The summed E-state index contributed by atoms with van der Waals surface area (Å²) in [6.07, 6.45) is -0.763. The van der Waals surface area contributed by atoms with E-state index in [1.54, 1.807) is 0 Å². The van der Waals surface area contributed by atoms with Gasteiger partial charge in [0.2, 0.25) is 0 Å². The summed E-state index contributed by atoms with van der Waals surface area (Å²) in [6.45, 7) is 6.00. The Hall–Kier alpha value is -1.82. The van der Waals surface area contributed by atoms with Gasteiger partial charge in [-0.05, 0) is 48.5 Å². The molecular weight excluding hydrogens is 324 g/mol. The minimum Gasteiger partial charge on any atom is -0.392 e. The summed E-state index contributed by atoms with van der Waals surface area (Å²) in [7, 11) is 0. The molecule has 0 saturated heterocycles. The van der Waals surface area contributed by atoms with E-state index in [1.165, 1.54) is 48.5 Å². The normalized spacial score (nSPS) is 13.2. The molecule has 0 heterocycles. The average molecular weight is 349 g/mol. The molecule has 25 heavy (non-hydrogen) atoms. The van der Waals surface area contributed by atoms with E-state index in [1.807, 2.05) is 13.8 Å². The van der Waals surface area contributed by atoms with Crippen LogP contribution in [0.15, 0.2) is 48.5 Å². The standard InChI is InChI=1S/C20H25F2NO2/c1-3-23(4-2)14-19(24)13-20(25,15-5-9-17(21)10-6-15)16-7-11-18(22)12-8-16/h5-12,19,24-25H,3-4,13-14H2,1-2H3. The first-order chi connectivity index (χ1) is 11.9. The molecule has 0 radical (unpaired) electrons. The van der Waals surface area contributed by atoms with Gasteiger partial charge in [0.15, 0.2) is 0 Å². The molecule has 2 aromatic rings. The van der Waals surface area contributed by atoms with Crippen molar-refractivity contribution in [1.29, 1.82) is 0 Å². The molecule has 0 spiro atoms. The predicted molar refractivity (Wildman–Crippen MR) is 94.2 cm³/mol. The van der Waals surface area contributed by atoms with Crippen molar-refractivity contribution in [3.05, 3.63) is 71.3 Å². The van der Waals surface area contributed by atoms with Crippen LogP contribution in [0.2, 0.25) is 0 Å². The maximum Gasteiger partial charge on any atom is 0.123 e. The first-order valence-corrected chi connectivity index (χ1v) is 8.54. The zero-order chi connectivity index (χ0) is 18.4. The molecule has 0 aliphatic heterocycles. The maximum atomic E-state index is 13.3. The topological polar surface area (TPSA) is 43.7 Å². The lowest BCUT2D eigenvalue weighted by Crippen LogP contribution is -2.38. The second kappa shape index (κ2) is 8.52. The first kappa shape index (κ1) is 19.5. The van der Waals surface area contributed by atoms with Crippen LogP contribution < -0.4 is 0 Å². The third-order valence-corrected chi connectivity index (χ3v) is 4.54. The summed E-state index contributed by atoms with van der Waals surface area (Å²) in [6, 6.07) is 11.0. The van der Waals surface area contributed by atoms with Crippen molar-refractivity contribution in [1.82, 2.24) is 4.90 Å². The molecule has 2 N–H and O–H groups in total. The number of halogens is 2. The Bertz CT molecular complexity index is 609. The number of aliphatic hydroxyl groups is 2. The van der Waals surface area contributed by atoms with Gasteiger partial charge in [-0.1, -0.05) is 38.1 Å². The van der Waals surface area contributed by atoms with Gasteiger partial charge < -0.3 is 15.1 Å². The van der Waals surface area contributed by atoms with E-state index in [9.17, 15) is 19.0 Å². The van der Waals surface area contributed by atoms with Gasteiger partial charge in [0.1, 0.15) is 17.2 Å². The molecule has 0 saturated carbocycles. The van der Waals surface area contributed by atoms with Gasteiger partial charge in [0.25, 0.3) is 0 Å². The van der Waals surface area contributed by atoms with Crippen LogP contribution in [0.4, 0.5) is 8.78 Å². The van der Waals surface area contributed by atoms with Crippen molar-refractivity contribution in [2.24, 2.45) is 0 Å². The highest BCUT2D eigenvalue weighted by Gasteiger charge is 2.34. The fourth-order valence-corrected chi connectivity index (χ4v) is 3.04. The van der Waals surface area contributed by atoms with Crippen LogP contribution in [0, 0.1) is 11.6 Å². The molecule has 0 aromatic heterocycles. The quantitative estimate of drug-likeness (QED) is 0.769.